The molecule has 0 amide bonds. The van der Waals surface area contributed by atoms with Gasteiger partial charge in [-0.3, -0.25) is 4.90 Å². The van der Waals surface area contributed by atoms with Crippen molar-refractivity contribution in [2.45, 2.75) is 39.3 Å². The van der Waals surface area contributed by atoms with Gasteiger partial charge in [0.15, 0.2) is 0 Å². The second kappa shape index (κ2) is 4.13. The summed E-state index contributed by atoms with van der Waals surface area (Å²) in [5.41, 5.74) is 2.15. The third-order valence-electron chi connectivity index (χ3n) is 2.93. The van der Waals surface area contributed by atoms with E-state index in [9.17, 15) is 0 Å². The first-order chi connectivity index (χ1) is 7.38. The Bertz CT molecular complexity index is 412. The summed E-state index contributed by atoms with van der Waals surface area (Å²) >= 11 is 11.9. The molecule has 3 nitrogen and oxygen atoms in total. The highest BCUT2D eigenvalue weighted by Gasteiger charge is 2.28. The van der Waals surface area contributed by atoms with Crippen molar-refractivity contribution >= 4 is 23.2 Å². The molecule has 0 N–H and O–H groups in total. The van der Waals surface area contributed by atoms with Crippen LogP contribution >= 0.6 is 23.2 Å². The Kier molecular flexibility index (Phi) is 3.12. The van der Waals surface area contributed by atoms with Gasteiger partial charge in [-0.15, -0.1) is 0 Å². The van der Waals surface area contributed by atoms with E-state index in [1.807, 2.05) is 0 Å². The van der Waals surface area contributed by atoms with Crippen molar-refractivity contribution in [2.75, 3.05) is 6.54 Å². The maximum absolute atomic E-state index is 6.10. The smallest absolute Gasteiger partial charge is 0.224 e. The van der Waals surface area contributed by atoms with Gasteiger partial charge in [-0.25, -0.2) is 9.97 Å². The van der Waals surface area contributed by atoms with Gasteiger partial charge in [0.1, 0.15) is 5.15 Å². The van der Waals surface area contributed by atoms with E-state index < -0.39 is 0 Å². The Morgan fingerprint density at radius 2 is 1.88 bits per heavy atom. The van der Waals surface area contributed by atoms with Crippen molar-refractivity contribution in [1.29, 1.82) is 0 Å². The first-order valence-electron chi connectivity index (χ1n) is 5.34. The van der Waals surface area contributed by atoms with Crippen LogP contribution in [-0.4, -0.2) is 27.0 Å². The largest absolute Gasteiger partial charge is 0.294 e. The highest BCUT2D eigenvalue weighted by molar-refractivity contribution is 6.32. The third-order valence-corrected chi connectivity index (χ3v) is 3.41. The van der Waals surface area contributed by atoms with Crippen LogP contribution in [0.25, 0.3) is 0 Å². The number of nitrogens with zero attached hydrogens (tertiary/aromatic N) is 3. The van der Waals surface area contributed by atoms with E-state index in [2.05, 4.69) is 35.6 Å². The molecule has 1 aromatic heterocycles. The van der Waals surface area contributed by atoms with Crippen LogP contribution in [0, 0.1) is 0 Å². The summed E-state index contributed by atoms with van der Waals surface area (Å²) in [6.07, 6.45) is 0.883. The first-order valence-corrected chi connectivity index (χ1v) is 6.09. The van der Waals surface area contributed by atoms with Crippen molar-refractivity contribution in [2.24, 2.45) is 0 Å². The molecule has 0 atom stereocenters. The van der Waals surface area contributed by atoms with E-state index in [1.165, 1.54) is 0 Å². The molecule has 0 unspecified atom stereocenters. The number of fused-ring (bicyclic) bond motifs is 1. The fourth-order valence-corrected chi connectivity index (χ4v) is 2.40. The summed E-state index contributed by atoms with van der Waals surface area (Å²) in [6.45, 7) is 8.38. The molecule has 16 heavy (non-hydrogen) atoms. The van der Waals surface area contributed by atoms with Crippen LogP contribution in [-0.2, 0) is 13.0 Å². The number of rotatable bonds is 0. The van der Waals surface area contributed by atoms with Gasteiger partial charge in [0.2, 0.25) is 5.28 Å². The minimum Gasteiger partial charge on any atom is -0.294 e. The Morgan fingerprint density at radius 3 is 2.50 bits per heavy atom. The lowest BCUT2D eigenvalue weighted by atomic mass is 9.99. The zero-order chi connectivity index (χ0) is 11.9. The number of hydrogen-bond acceptors (Lipinski definition) is 3. The van der Waals surface area contributed by atoms with E-state index in [1.54, 1.807) is 0 Å². The monoisotopic (exact) mass is 259 g/mol. The van der Waals surface area contributed by atoms with Crippen molar-refractivity contribution in [3.05, 3.63) is 21.7 Å². The van der Waals surface area contributed by atoms with E-state index in [4.69, 9.17) is 23.2 Å². The molecule has 1 aromatic rings. The normalized spacial score (nSPS) is 17.3. The van der Waals surface area contributed by atoms with Crippen LogP contribution in [0.1, 0.15) is 32.0 Å². The Hall–Kier alpha value is -0.380. The summed E-state index contributed by atoms with van der Waals surface area (Å²) in [7, 11) is 0. The Balaban J connectivity index is 2.34. The topological polar surface area (TPSA) is 29.0 Å². The van der Waals surface area contributed by atoms with Crippen molar-refractivity contribution in [1.82, 2.24) is 14.9 Å². The van der Waals surface area contributed by atoms with Crippen LogP contribution < -0.4 is 0 Å². The molecule has 0 aliphatic carbocycles. The predicted octanol–water partition coefficient (Wildman–Crippen LogP) is 2.94. The lowest BCUT2D eigenvalue weighted by molar-refractivity contribution is 0.119. The van der Waals surface area contributed by atoms with Gasteiger partial charge in [-0.1, -0.05) is 11.6 Å². The summed E-state index contributed by atoms with van der Waals surface area (Å²) < 4.78 is 0. The molecule has 0 aromatic carbocycles. The van der Waals surface area contributed by atoms with Crippen LogP contribution in [0.15, 0.2) is 0 Å². The summed E-state index contributed by atoms with van der Waals surface area (Å²) in [4.78, 5) is 10.6. The average molecular weight is 260 g/mol. The minimum absolute atomic E-state index is 0.140. The Morgan fingerprint density at radius 1 is 1.19 bits per heavy atom. The van der Waals surface area contributed by atoms with E-state index in [0.717, 1.165) is 30.8 Å². The maximum Gasteiger partial charge on any atom is 0.224 e. The van der Waals surface area contributed by atoms with Crippen molar-refractivity contribution in [3.63, 3.8) is 0 Å². The second-order valence-electron chi connectivity index (χ2n) is 5.05. The van der Waals surface area contributed by atoms with Crippen molar-refractivity contribution < 1.29 is 0 Å². The van der Waals surface area contributed by atoms with Crippen LogP contribution in [0.5, 0.6) is 0 Å². The van der Waals surface area contributed by atoms with Crippen LogP contribution in [0.4, 0.5) is 0 Å². The Labute approximate surface area is 106 Å². The molecule has 1 aliphatic rings. The van der Waals surface area contributed by atoms with Gasteiger partial charge in [0.05, 0.1) is 5.69 Å². The van der Waals surface area contributed by atoms with Crippen molar-refractivity contribution in [3.8, 4) is 0 Å². The maximum atomic E-state index is 6.10. The molecule has 2 rings (SSSR count). The summed E-state index contributed by atoms with van der Waals surface area (Å²) in [5.74, 6) is 0. The zero-order valence-corrected chi connectivity index (χ0v) is 11.2. The van der Waals surface area contributed by atoms with Gasteiger partial charge < -0.3 is 0 Å². The molecular weight excluding hydrogens is 245 g/mol. The molecule has 2 heterocycles. The molecule has 0 saturated heterocycles. The minimum atomic E-state index is 0.140. The number of hydrogen-bond donors (Lipinski definition) is 0. The first kappa shape index (κ1) is 12.1. The fourth-order valence-electron chi connectivity index (χ4n) is 1.92. The predicted molar refractivity (Wildman–Crippen MR) is 65.9 cm³/mol. The highest BCUT2D eigenvalue weighted by atomic mass is 35.5. The van der Waals surface area contributed by atoms with Gasteiger partial charge >= 0.3 is 0 Å². The molecule has 5 heteroatoms. The molecule has 88 valence electrons. The average Bonchev–Trinajstić information content (AvgIpc) is 2.15. The van der Waals surface area contributed by atoms with Gasteiger partial charge in [0.25, 0.3) is 0 Å². The quantitative estimate of drug-likeness (QED) is 0.530. The van der Waals surface area contributed by atoms with E-state index in [0.29, 0.717) is 5.15 Å². The molecule has 0 bridgehead atoms. The third kappa shape index (κ3) is 2.31. The molecule has 0 radical (unpaired) electrons. The number of halogens is 2. The fraction of sp³-hybridized carbons (Fsp3) is 0.636. The van der Waals surface area contributed by atoms with E-state index in [-0.39, 0.29) is 10.8 Å². The lowest BCUT2D eigenvalue weighted by Gasteiger charge is -2.38. The van der Waals surface area contributed by atoms with Gasteiger partial charge in [-0.05, 0) is 32.4 Å². The van der Waals surface area contributed by atoms with Crippen LogP contribution in [0.3, 0.4) is 0 Å². The van der Waals surface area contributed by atoms with Gasteiger partial charge in [0, 0.05) is 30.6 Å². The standard InChI is InChI=1S/C11H15Cl2N3/c1-11(2,3)16-5-4-8-7(6-16)9(12)15-10(13)14-8/h4-6H2,1-3H3. The highest BCUT2D eigenvalue weighted by Crippen LogP contribution is 2.28. The molecule has 0 spiro atoms. The lowest BCUT2D eigenvalue weighted by Crippen LogP contribution is -2.44. The number of aromatic nitrogens is 2. The zero-order valence-electron chi connectivity index (χ0n) is 9.72. The molecular formula is C11H15Cl2N3. The van der Waals surface area contributed by atoms with Gasteiger partial charge in [-0.2, -0.15) is 0 Å². The SMILES string of the molecule is CC(C)(C)N1CCc2nc(Cl)nc(Cl)c2C1. The summed E-state index contributed by atoms with van der Waals surface area (Å²) in [6, 6.07) is 0. The molecule has 1 aliphatic heterocycles. The summed E-state index contributed by atoms with van der Waals surface area (Å²) in [5, 5.41) is 0.733. The second-order valence-corrected chi connectivity index (χ2v) is 5.75. The van der Waals surface area contributed by atoms with Crippen LogP contribution in [0.2, 0.25) is 10.4 Å². The van der Waals surface area contributed by atoms with E-state index >= 15 is 0 Å². The molecule has 0 saturated carbocycles. The molecule has 0 fully saturated rings.